The minimum Gasteiger partial charge on any atom is -0.348 e. The fourth-order valence-corrected chi connectivity index (χ4v) is 9.54. The Morgan fingerprint density at radius 2 is 1.76 bits per heavy atom. The molecule has 0 radical (unpaired) electrons. The van der Waals surface area contributed by atoms with Crippen molar-refractivity contribution in [2.24, 2.45) is 19.4 Å². The van der Waals surface area contributed by atoms with Gasteiger partial charge in [0, 0.05) is 83.3 Å². The minimum absolute atomic E-state index is 0.0274. The number of carbonyl (C=O) groups excluding carboxylic acids is 2. The number of amides is 2. The summed E-state index contributed by atoms with van der Waals surface area (Å²) in [6.07, 6.45) is 3.31. The van der Waals surface area contributed by atoms with Gasteiger partial charge in [0.05, 0.1) is 35.1 Å². The third kappa shape index (κ3) is 9.02. The lowest BCUT2D eigenvalue weighted by Gasteiger charge is -2.33. The standard InChI is InChI=1S/C42H45ClF3N10O6P/c1-39(2,23-56-32(16-35(51-56)42(44,45)46)26-8-10-34(47-19-26)40(3,4)62-63(59,60)61)50-37(57)33(13-24-18-49-53(5)21-24)55-12-11-41(38(55)58)17-30(41)29-9-7-25(15-31(29)43)27-14-28-22-54(6)52-36(28)48-20-27/h7-10,14-16,18-22,30,33H,11-13,17,23H2,1-6H3,(H,50,57)(H2,59,60,61)/t30-,33-,41+/m1/s1/i5D3. The molecule has 1 saturated heterocycles. The van der Waals surface area contributed by atoms with Crippen LogP contribution in [0.4, 0.5) is 13.2 Å². The van der Waals surface area contributed by atoms with Crippen LogP contribution >= 0.6 is 19.4 Å². The Balaban J connectivity index is 1.04. The third-order valence-corrected chi connectivity index (χ3v) is 12.6. The zero-order valence-corrected chi connectivity index (χ0v) is 36.3. The topological polar surface area (TPSA) is 195 Å². The molecule has 2 amide bonds. The van der Waals surface area contributed by atoms with Crippen LogP contribution < -0.4 is 5.32 Å². The summed E-state index contributed by atoms with van der Waals surface area (Å²) in [4.78, 5) is 58.0. The van der Waals surface area contributed by atoms with Crippen molar-refractivity contribution >= 4 is 42.3 Å². The number of carbonyl (C=O) groups is 2. The van der Waals surface area contributed by atoms with Gasteiger partial charge < -0.3 is 20.0 Å². The number of nitrogens with one attached hydrogen (secondary N) is 1. The monoisotopic (exact) mass is 911 g/mol. The molecule has 3 N–H and O–H groups in total. The third-order valence-electron chi connectivity index (χ3n) is 11.6. The van der Waals surface area contributed by atoms with E-state index in [-0.39, 0.29) is 48.3 Å². The van der Waals surface area contributed by atoms with E-state index in [1.54, 1.807) is 24.7 Å². The number of rotatable bonds is 13. The van der Waals surface area contributed by atoms with Crippen LogP contribution in [0, 0.1) is 5.41 Å². The number of phosphoric ester groups is 1. The highest BCUT2D eigenvalue weighted by Gasteiger charge is 2.65. The first-order chi connectivity index (χ1) is 30.6. The average Bonchev–Trinajstić information content (AvgIpc) is 3.63. The Morgan fingerprint density at radius 3 is 2.43 bits per heavy atom. The molecule has 63 heavy (non-hydrogen) atoms. The average molecular weight is 912 g/mol. The van der Waals surface area contributed by atoms with Gasteiger partial charge in [0.2, 0.25) is 11.8 Å². The maximum absolute atomic E-state index is 14.6. The second-order valence-electron chi connectivity index (χ2n) is 17.3. The summed E-state index contributed by atoms with van der Waals surface area (Å²) in [6.45, 7) is 3.18. The van der Waals surface area contributed by atoms with E-state index >= 15 is 0 Å². The molecule has 21 heteroatoms. The number of benzene rings is 1. The number of fused-ring (bicyclic) bond motifs is 1. The van der Waals surface area contributed by atoms with E-state index in [0.717, 1.165) is 37.5 Å². The molecule has 5 aromatic heterocycles. The van der Waals surface area contributed by atoms with Crippen LogP contribution in [0.1, 0.15) is 73.1 Å². The minimum atomic E-state index is -4.93. The Bertz CT molecular complexity index is 2920. The summed E-state index contributed by atoms with van der Waals surface area (Å²) in [5.41, 5.74) is -1.30. The first-order valence-corrected chi connectivity index (χ1v) is 21.7. The van der Waals surface area contributed by atoms with Gasteiger partial charge in [0.25, 0.3) is 0 Å². The molecule has 2 fully saturated rings. The van der Waals surface area contributed by atoms with E-state index in [4.69, 9.17) is 20.2 Å². The van der Waals surface area contributed by atoms with Gasteiger partial charge in [-0.15, -0.1) is 0 Å². The van der Waals surface area contributed by atoms with Gasteiger partial charge in [-0.3, -0.25) is 33.1 Å². The summed E-state index contributed by atoms with van der Waals surface area (Å²) in [6, 6.07) is 10.0. The highest BCUT2D eigenvalue weighted by molar-refractivity contribution is 7.46. The Kier molecular flexibility index (Phi) is 10.0. The summed E-state index contributed by atoms with van der Waals surface area (Å²) >= 11 is 6.92. The SMILES string of the molecule is [2H]C([2H])([2H])n1cc(C[C@H](C(=O)NC(C)(C)Cn2nc(C(F)(F)F)cc2-c2ccc(C(C)(C)OP(=O)(O)O)nc2)N2CC[C@@]3(C[C@@H]3c3ccc(-c4cnc5nn(C)cc5c4)cc3Cl)C2=O)cn1. The van der Waals surface area contributed by atoms with Gasteiger partial charge in [-0.25, -0.2) is 9.55 Å². The van der Waals surface area contributed by atoms with E-state index < -0.39 is 55.2 Å². The molecule has 1 aromatic carbocycles. The van der Waals surface area contributed by atoms with Crippen LogP contribution in [0.3, 0.4) is 0 Å². The van der Waals surface area contributed by atoms with E-state index in [1.165, 1.54) is 49.5 Å². The largest absolute Gasteiger partial charge is 0.470 e. The number of hydrogen-bond acceptors (Lipinski definition) is 9. The first-order valence-electron chi connectivity index (χ1n) is 21.3. The summed E-state index contributed by atoms with van der Waals surface area (Å²) < 4.78 is 85.7. The second-order valence-corrected chi connectivity index (χ2v) is 18.9. The first kappa shape index (κ1) is 40.3. The predicted molar refractivity (Wildman–Crippen MR) is 225 cm³/mol. The van der Waals surface area contributed by atoms with Gasteiger partial charge in [-0.05, 0) is 87.6 Å². The normalized spacial score (nSPS) is 19.7. The second kappa shape index (κ2) is 15.7. The molecule has 2 aliphatic rings. The van der Waals surface area contributed by atoms with Crippen molar-refractivity contribution in [2.45, 2.75) is 82.8 Å². The van der Waals surface area contributed by atoms with Gasteiger partial charge in [-0.1, -0.05) is 23.7 Å². The van der Waals surface area contributed by atoms with Crippen molar-refractivity contribution in [1.29, 1.82) is 0 Å². The summed E-state index contributed by atoms with van der Waals surface area (Å²) in [5.74, 6) is -1.17. The lowest BCUT2D eigenvalue weighted by atomic mass is 9.95. The lowest BCUT2D eigenvalue weighted by molar-refractivity contribution is -0.141. The van der Waals surface area contributed by atoms with Gasteiger partial charge in [-0.2, -0.15) is 28.5 Å². The maximum atomic E-state index is 14.6. The molecule has 16 nitrogen and oxygen atoms in total. The Labute approximate surface area is 368 Å². The van der Waals surface area contributed by atoms with Crippen LogP contribution in [0.15, 0.2) is 73.4 Å². The number of nitrogens with zero attached hydrogens (tertiary/aromatic N) is 9. The van der Waals surface area contributed by atoms with Crippen LogP contribution in [0.5, 0.6) is 0 Å². The van der Waals surface area contributed by atoms with Crippen molar-refractivity contribution in [1.82, 2.24) is 49.5 Å². The van der Waals surface area contributed by atoms with Gasteiger partial charge in [0.15, 0.2) is 11.3 Å². The highest BCUT2D eigenvalue weighted by Crippen LogP contribution is 2.66. The number of aryl methyl sites for hydroxylation is 2. The molecule has 1 saturated carbocycles. The lowest BCUT2D eigenvalue weighted by Crippen LogP contribution is -2.56. The molecule has 6 heterocycles. The summed E-state index contributed by atoms with van der Waals surface area (Å²) in [7, 11) is -3.12. The number of pyridine rings is 2. The van der Waals surface area contributed by atoms with Crippen molar-refractivity contribution < 1.29 is 45.7 Å². The van der Waals surface area contributed by atoms with Crippen molar-refractivity contribution in [2.75, 3.05) is 6.54 Å². The molecule has 0 bridgehead atoms. The number of alkyl halides is 3. The van der Waals surface area contributed by atoms with Gasteiger partial charge >= 0.3 is 14.0 Å². The molecule has 1 spiro atoms. The molecular weight excluding hydrogens is 864 g/mol. The van der Waals surface area contributed by atoms with E-state index in [2.05, 4.69) is 30.6 Å². The van der Waals surface area contributed by atoms with E-state index in [9.17, 15) is 37.1 Å². The van der Waals surface area contributed by atoms with E-state index in [0.29, 0.717) is 29.1 Å². The fourth-order valence-electron chi connectivity index (χ4n) is 8.54. The fraction of sp³-hybridized carbons (Fsp3) is 0.405. The zero-order valence-electron chi connectivity index (χ0n) is 37.6. The zero-order chi connectivity index (χ0) is 47.9. The molecule has 0 unspecified atom stereocenters. The quantitative estimate of drug-likeness (QED) is 0.106. The van der Waals surface area contributed by atoms with Crippen LogP contribution in [-0.4, -0.2) is 83.9 Å². The smallest absolute Gasteiger partial charge is 0.348 e. The number of hydrogen-bond donors (Lipinski definition) is 3. The maximum Gasteiger partial charge on any atom is 0.470 e. The number of phosphoric acid groups is 1. The van der Waals surface area contributed by atoms with E-state index in [1.807, 2.05) is 37.5 Å². The molecule has 332 valence electrons. The molecule has 3 atom stereocenters. The van der Waals surface area contributed by atoms with Crippen LogP contribution in [0.25, 0.3) is 33.4 Å². The molecule has 1 aliphatic heterocycles. The number of aromatic nitrogens is 8. The van der Waals surface area contributed by atoms with Gasteiger partial charge in [0.1, 0.15) is 11.6 Å². The predicted octanol–water partition coefficient (Wildman–Crippen LogP) is 6.56. The van der Waals surface area contributed by atoms with Crippen LogP contribution in [-0.2, 0) is 57.4 Å². The van der Waals surface area contributed by atoms with Crippen molar-refractivity contribution in [3.63, 3.8) is 0 Å². The van der Waals surface area contributed by atoms with Crippen molar-refractivity contribution in [3.8, 4) is 22.4 Å². The molecule has 8 rings (SSSR count). The Hall–Kier alpha value is -5.46. The number of halogens is 4. The summed E-state index contributed by atoms with van der Waals surface area (Å²) in [5, 5.41) is 16.4. The molecular formula is C42H45ClF3N10O6P. The molecule has 6 aromatic rings. The molecule has 1 aliphatic carbocycles. The number of likely N-dealkylation sites (tertiary alicyclic amines) is 1. The highest BCUT2D eigenvalue weighted by atomic mass is 35.5. The van der Waals surface area contributed by atoms with Crippen molar-refractivity contribution in [3.05, 3.63) is 101 Å². The Morgan fingerprint density at radius 1 is 1.02 bits per heavy atom. The van der Waals surface area contributed by atoms with Crippen LogP contribution in [0.2, 0.25) is 5.02 Å².